The Kier molecular flexibility index (Phi) is 4.75. The SMILES string of the molecule is COc1cc(C)ccc1Oc1cnc(C(C)C)nc1CN. The quantitative estimate of drug-likeness (QED) is 0.914. The number of aromatic nitrogens is 2. The first-order chi connectivity index (χ1) is 10.0. The summed E-state index contributed by atoms with van der Waals surface area (Å²) in [5.74, 6) is 2.87. The van der Waals surface area contributed by atoms with Crippen LogP contribution in [0.2, 0.25) is 0 Å². The Morgan fingerprint density at radius 1 is 1.19 bits per heavy atom. The van der Waals surface area contributed by atoms with Gasteiger partial charge in [-0.25, -0.2) is 9.97 Å². The van der Waals surface area contributed by atoms with E-state index in [2.05, 4.69) is 9.97 Å². The molecule has 0 saturated carbocycles. The molecule has 5 nitrogen and oxygen atoms in total. The van der Waals surface area contributed by atoms with Crippen LogP contribution in [0.5, 0.6) is 17.2 Å². The molecule has 0 fully saturated rings. The fraction of sp³-hybridized carbons (Fsp3) is 0.375. The minimum absolute atomic E-state index is 0.248. The molecular formula is C16H21N3O2. The van der Waals surface area contributed by atoms with Crippen molar-refractivity contribution in [3.63, 3.8) is 0 Å². The highest BCUT2D eigenvalue weighted by Crippen LogP contribution is 2.33. The van der Waals surface area contributed by atoms with E-state index in [1.165, 1.54) is 0 Å². The van der Waals surface area contributed by atoms with Crippen LogP contribution in [0, 0.1) is 6.92 Å². The Hall–Kier alpha value is -2.14. The third kappa shape index (κ3) is 3.49. The number of benzene rings is 1. The second kappa shape index (κ2) is 6.54. The van der Waals surface area contributed by atoms with Crippen LogP contribution in [-0.2, 0) is 6.54 Å². The molecule has 0 unspecified atom stereocenters. The van der Waals surface area contributed by atoms with E-state index in [0.29, 0.717) is 29.5 Å². The molecule has 0 amide bonds. The van der Waals surface area contributed by atoms with Crippen LogP contribution in [0.4, 0.5) is 0 Å². The zero-order valence-corrected chi connectivity index (χ0v) is 12.9. The van der Waals surface area contributed by atoms with Gasteiger partial charge in [0.05, 0.1) is 13.3 Å². The van der Waals surface area contributed by atoms with Gasteiger partial charge in [0.15, 0.2) is 17.2 Å². The van der Waals surface area contributed by atoms with E-state index in [0.717, 1.165) is 11.4 Å². The van der Waals surface area contributed by atoms with Crippen molar-refractivity contribution < 1.29 is 9.47 Å². The first kappa shape index (κ1) is 15.3. The van der Waals surface area contributed by atoms with Gasteiger partial charge in [-0.1, -0.05) is 19.9 Å². The number of hydrogen-bond acceptors (Lipinski definition) is 5. The van der Waals surface area contributed by atoms with Gasteiger partial charge in [-0.05, 0) is 24.6 Å². The zero-order valence-electron chi connectivity index (χ0n) is 12.9. The monoisotopic (exact) mass is 287 g/mol. The maximum absolute atomic E-state index is 5.88. The molecule has 0 radical (unpaired) electrons. The van der Waals surface area contributed by atoms with Crippen LogP contribution >= 0.6 is 0 Å². The molecular weight excluding hydrogens is 266 g/mol. The van der Waals surface area contributed by atoms with Crippen molar-refractivity contribution in [2.45, 2.75) is 33.2 Å². The van der Waals surface area contributed by atoms with Gasteiger partial charge in [0.2, 0.25) is 0 Å². The largest absolute Gasteiger partial charge is 0.493 e. The van der Waals surface area contributed by atoms with Gasteiger partial charge in [-0.3, -0.25) is 0 Å². The Balaban J connectivity index is 2.35. The average Bonchev–Trinajstić information content (AvgIpc) is 2.49. The summed E-state index contributed by atoms with van der Waals surface area (Å²) in [4.78, 5) is 8.78. The summed E-state index contributed by atoms with van der Waals surface area (Å²) in [6.07, 6.45) is 1.67. The van der Waals surface area contributed by atoms with Crippen LogP contribution in [0.25, 0.3) is 0 Å². The van der Waals surface area contributed by atoms with E-state index in [4.69, 9.17) is 15.2 Å². The Bertz CT molecular complexity index is 627. The number of methoxy groups -OCH3 is 1. The van der Waals surface area contributed by atoms with Crippen molar-refractivity contribution in [1.29, 1.82) is 0 Å². The summed E-state index contributed by atoms with van der Waals surface area (Å²) >= 11 is 0. The van der Waals surface area contributed by atoms with Gasteiger partial charge < -0.3 is 15.2 Å². The minimum atomic E-state index is 0.248. The molecule has 21 heavy (non-hydrogen) atoms. The van der Waals surface area contributed by atoms with E-state index in [-0.39, 0.29) is 5.92 Å². The van der Waals surface area contributed by atoms with Gasteiger partial charge in [0.1, 0.15) is 11.5 Å². The third-order valence-electron chi connectivity index (χ3n) is 3.10. The topological polar surface area (TPSA) is 70.3 Å². The molecule has 0 aliphatic carbocycles. The number of aryl methyl sites for hydroxylation is 1. The molecule has 0 bridgehead atoms. The first-order valence-corrected chi connectivity index (χ1v) is 6.93. The van der Waals surface area contributed by atoms with E-state index in [9.17, 15) is 0 Å². The smallest absolute Gasteiger partial charge is 0.169 e. The molecule has 2 N–H and O–H groups in total. The lowest BCUT2D eigenvalue weighted by Crippen LogP contribution is -2.07. The van der Waals surface area contributed by atoms with Gasteiger partial charge in [0.25, 0.3) is 0 Å². The molecule has 0 spiro atoms. The molecule has 2 rings (SSSR count). The predicted octanol–water partition coefficient (Wildman–Crippen LogP) is 3.17. The summed E-state index contributed by atoms with van der Waals surface area (Å²) in [6, 6.07) is 5.74. The Morgan fingerprint density at radius 3 is 2.57 bits per heavy atom. The fourth-order valence-electron chi connectivity index (χ4n) is 1.91. The van der Waals surface area contributed by atoms with Gasteiger partial charge >= 0.3 is 0 Å². The number of hydrogen-bond donors (Lipinski definition) is 1. The number of nitrogens with zero attached hydrogens (tertiary/aromatic N) is 2. The van der Waals surface area contributed by atoms with E-state index in [1.54, 1.807) is 13.3 Å². The molecule has 0 atom stereocenters. The van der Waals surface area contributed by atoms with E-state index < -0.39 is 0 Å². The second-order valence-corrected chi connectivity index (χ2v) is 5.15. The Labute approximate surface area is 125 Å². The maximum atomic E-state index is 5.88. The molecule has 112 valence electrons. The molecule has 5 heteroatoms. The number of rotatable bonds is 5. The third-order valence-corrected chi connectivity index (χ3v) is 3.10. The highest BCUT2D eigenvalue weighted by molar-refractivity contribution is 5.45. The molecule has 2 aromatic rings. The fourth-order valence-corrected chi connectivity index (χ4v) is 1.91. The van der Waals surface area contributed by atoms with Gasteiger partial charge in [-0.2, -0.15) is 0 Å². The molecule has 0 aliphatic heterocycles. The summed E-state index contributed by atoms with van der Waals surface area (Å²) in [7, 11) is 1.61. The highest BCUT2D eigenvalue weighted by atomic mass is 16.5. The maximum Gasteiger partial charge on any atom is 0.169 e. The Morgan fingerprint density at radius 2 is 1.95 bits per heavy atom. The normalized spacial score (nSPS) is 10.8. The standard InChI is InChI=1S/C16H21N3O2/c1-10(2)16-18-9-15(12(8-17)19-16)21-13-6-5-11(3)7-14(13)20-4/h5-7,9-10H,8,17H2,1-4H3. The van der Waals surface area contributed by atoms with Crippen molar-refractivity contribution >= 4 is 0 Å². The molecule has 1 aromatic carbocycles. The minimum Gasteiger partial charge on any atom is -0.493 e. The second-order valence-electron chi connectivity index (χ2n) is 5.15. The van der Waals surface area contributed by atoms with Crippen LogP contribution in [0.3, 0.4) is 0 Å². The lowest BCUT2D eigenvalue weighted by molar-refractivity contribution is 0.375. The van der Waals surface area contributed by atoms with Gasteiger partial charge in [0, 0.05) is 12.5 Å². The van der Waals surface area contributed by atoms with Crippen LogP contribution in [0.15, 0.2) is 24.4 Å². The summed E-state index contributed by atoms with van der Waals surface area (Å²) in [6.45, 7) is 6.38. The van der Waals surface area contributed by atoms with E-state index >= 15 is 0 Å². The number of ether oxygens (including phenoxy) is 2. The van der Waals surface area contributed by atoms with Crippen molar-refractivity contribution in [2.24, 2.45) is 5.73 Å². The van der Waals surface area contributed by atoms with Crippen molar-refractivity contribution in [3.05, 3.63) is 41.5 Å². The van der Waals surface area contributed by atoms with Crippen LogP contribution in [0.1, 0.15) is 36.8 Å². The highest BCUT2D eigenvalue weighted by Gasteiger charge is 2.13. The van der Waals surface area contributed by atoms with Gasteiger partial charge in [-0.15, -0.1) is 0 Å². The predicted molar refractivity (Wildman–Crippen MR) is 81.8 cm³/mol. The van der Waals surface area contributed by atoms with Crippen LogP contribution < -0.4 is 15.2 Å². The van der Waals surface area contributed by atoms with Crippen LogP contribution in [-0.4, -0.2) is 17.1 Å². The summed E-state index contributed by atoms with van der Waals surface area (Å²) in [5.41, 5.74) is 7.56. The van der Waals surface area contributed by atoms with Crippen molar-refractivity contribution in [2.75, 3.05) is 7.11 Å². The molecule has 1 aromatic heterocycles. The lowest BCUT2D eigenvalue weighted by atomic mass is 10.2. The number of nitrogens with two attached hydrogens (primary N) is 1. The lowest BCUT2D eigenvalue weighted by Gasteiger charge is -2.14. The van der Waals surface area contributed by atoms with Crippen molar-refractivity contribution in [1.82, 2.24) is 9.97 Å². The first-order valence-electron chi connectivity index (χ1n) is 6.93. The summed E-state index contributed by atoms with van der Waals surface area (Å²) in [5, 5.41) is 0. The molecule has 1 heterocycles. The molecule has 0 aliphatic rings. The zero-order chi connectivity index (χ0) is 15.4. The van der Waals surface area contributed by atoms with Crippen molar-refractivity contribution in [3.8, 4) is 17.2 Å². The molecule has 0 saturated heterocycles. The summed E-state index contributed by atoms with van der Waals surface area (Å²) < 4.78 is 11.2. The van der Waals surface area contributed by atoms with E-state index in [1.807, 2.05) is 39.0 Å². The average molecular weight is 287 g/mol.